The molecule has 2 aromatic rings. The lowest BCUT2D eigenvalue weighted by Gasteiger charge is -2.51. The molecular formula is C22H26N4O3. The predicted octanol–water partition coefficient (Wildman–Crippen LogP) is 2.33. The van der Waals surface area contributed by atoms with Crippen molar-refractivity contribution in [2.45, 2.75) is 44.3 Å². The van der Waals surface area contributed by atoms with Gasteiger partial charge in [0, 0.05) is 31.2 Å². The van der Waals surface area contributed by atoms with E-state index in [1.165, 1.54) is 18.4 Å². The Hall–Kier alpha value is -2.54. The average molecular weight is 394 g/mol. The Morgan fingerprint density at radius 2 is 1.97 bits per heavy atom. The van der Waals surface area contributed by atoms with Gasteiger partial charge in [-0.15, -0.1) is 0 Å². The van der Waals surface area contributed by atoms with Gasteiger partial charge in [-0.3, -0.25) is 14.4 Å². The fourth-order valence-electron chi connectivity index (χ4n) is 5.89. The molecule has 7 nitrogen and oxygen atoms in total. The third kappa shape index (κ3) is 2.60. The van der Waals surface area contributed by atoms with E-state index in [0.717, 1.165) is 37.7 Å². The highest BCUT2D eigenvalue weighted by Crippen LogP contribution is 2.48. The molecule has 6 heterocycles. The number of hydrogen-bond donors (Lipinski definition) is 0. The molecule has 4 saturated heterocycles. The second-order valence-corrected chi connectivity index (χ2v) is 8.59. The number of piperidine rings is 3. The molecule has 152 valence electrons. The number of benzene rings is 1. The van der Waals surface area contributed by atoms with Crippen LogP contribution in [0, 0.1) is 5.92 Å². The molecule has 5 aliphatic rings. The molecule has 0 N–H and O–H groups in total. The number of ether oxygens (including phenoxy) is 2. The summed E-state index contributed by atoms with van der Waals surface area (Å²) in [7, 11) is 0. The SMILES string of the molecule is CCn1ccc(C(=O)N2C[C@H](c3ccc4c(c3)OCO4)[C@H]3[C@@H]2C2CCN3CC2)n1. The lowest BCUT2D eigenvalue weighted by atomic mass is 9.75. The maximum Gasteiger partial charge on any atom is 0.274 e. The summed E-state index contributed by atoms with van der Waals surface area (Å²) in [6, 6.07) is 8.78. The maximum atomic E-state index is 13.5. The first kappa shape index (κ1) is 17.3. The average Bonchev–Trinajstić information content (AvgIpc) is 3.51. The topological polar surface area (TPSA) is 59.8 Å². The number of likely N-dealkylation sites (tertiary alicyclic amines) is 1. The van der Waals surface area contributed by atoms with Crippen molar-refractivity contribution < 1.29 is 14.3 Å². The molecule has 1 amide bonds. The molecule has 5 aliphatic heterocycles. The number of carbonyl (C=O) groups excluding carboxylic acids is 1. The van der Waals surface area contributed by atoms with Gasteiger partial charge in [0.15, 0.2) is 11.5 Å². The van der Waals surface area contributed by atoms with Gasteiger partial charge < -0.3 is 14.4 Å². The molecule has 0 aliphatic carbocycles. The van der Waals surface area contributed by atoms with Crippen LogP contribution in [0.4, 0.5) is 0 Å². The zero-order valence-electron chi connectivity index (χ0n) is 16.7. The van der Waals surface area contributed by atoms with Crippen molar-refractivity contribution in [1.82, 2.24) is 19.6 Å². The normalized spacial score (nSPS) is 31.9. The third-order valence-electron chi connectivity index (χ3n) is 7.26. The molecule has 7 heteroatoms. The van der Waals surface area contributed by atoms with E-state index in [9.17, 15) is 4.79 Å². The van der Waals surface area contributed by atoms with Gasteiger partial charge in [0.2, 0.25) is 6.79 Å². The predicted molar refractivity (Wildman–Crippen MR) is 106 cm³/mol. The number of hydrogen-bond acceptors (Lipinski definition) is 5. The second kappa shape index (κ2) is 6.49. The van der Waals surface area contributed by atoms with Crippen LogP contribution in [0.3, 0.4) is 0 Å². The summed E-state index contributed by atoms with van der Waals surface area (Å²) in [5, 5.41) is 4.49. The first-order valence-electron chi connectivity index (χ1n) is 10.7. The monoisotopic (exact) mass is 394 g/mol. The van der Waals surface area contributed by atoms with Gasteiger partial charge >= 0.3 is 0 Å². The van der Waals surface area contributed by atoms with E-state index >= 15 is 0 Å². The zero-order valence-corrected chi connectivity index (χ0v) is 16.7. The Balaban J connectivity index is 1.37. The van der Waals surface area contributed by atoms with Crippen LogP contribution in [-0.4, -0.2) is 64.0 Å². The van der Waals surface area contributed by atoms with Crippen LogP contribution in [-0.2, 0) is 6.54 Å². The number of fused-ring (bicyclic) bond motifs is 3. The lowest BCUT2D eigenvalue weighted by Crippen LogP contribution is -2.60. The number of nitrogens with zero attached hydrogens (tertiary/aromatic N) is 4. The van der Waals surface area contributed by atoms with Gasteiger partial charge in [-0.1, -0.05) is 6.07 Å². The van der Waals surface area contributed by atoms with E-state index in [2.05, 4.69) is 27.0 Å². The highest BCUT2D eigenvalue weighted by molar-refractivity contribution is 5.93. The summed E-state index contributed by atoms with van der Waals surface area (Å²) in [6.07, 6.45) is 4.26. The van der Waals surface area contributed by atoms with Crippen molar-refractivity contribution in [3.63, 3.8) is 0 Å². The first-order chi connectivity index (χ1) is 14.2. The van der Waals surface area contributed by atoms with E-state index in [-0.39, 0.29) is 24.7 Å². The molecule has 0 unspecified atom stereocenters. The summed E-state index contributed by atoms with van der Waals surface area (Å²) in [5.74, 6) is 2.58. The number of carbonyl (C=O) groups is 1. The number of rotatable bonds is 3. The smallest absolute Gasteiger partial charge is 0.274 e. The molecule has 0 radical (unpaired) electrons. The minimum atomic E-state index is 0.0733. The Morgan fingerprint density at radius 1 is 1.14 bits per heavy atom. The zero-order chi connectivity index (χ0) is 19.5. The first-order valence-corrected chi connectivity index (χ1v) is 10.7. The van der Waals surface area contributed by atoms with Crippen molar-refractivity contribution in [1.29, 1.82) is 0 Å². The molecule has 1 aromatic heterocycles. The Labute approximate surface area is 170 Å². The fraction of sp³-hybridized carbons (Fsp3) is 0.545. The molecular weight excluding hydrogens is 368 g/mol. The van der Waals surface area contributed by atoms with Gasteiger partial charge in [0.05, 0.1) is 6.04 Å². The lowest BCUT2D eigenvalue weighted by molar-refractivity contribution is -0.00361. The fourth-order valence-corrected chi connectivity index (χ4v) is 5.89. The van der Waals surface area contributed by atoms with Crippen LogP contribution >= 0.6 is 0 Å². The Kier molecular flexibility index (Phi) is 3.88. The molecule has 0 spiro atoms. The van der Waals surface area contributed by atoms with Crippen molar-refractivity contribution in [3.05, 3.63) is 41.7 Å². The van der Waals surface area contributed by atoms with E-state index in [0.29, 0.717) is 17.7 Å². The van der Waals surface area contributed by atoms with E-state index in [1.807, 2.05) is 29.9 Å². The second-order valence-electron chi connectivity index (χ2n) is 8.59. The van der Waals surface area contributed by atoms with Crippen molar-refractivity contribution >= 4 is 5.91 Å². The van der Waals surface area contributed by atoms with Crippen LogP contribution in [0.15, 0.2) is 30.5 Å². The van der Waals surface area contributed by atoms with Crippen LogP contribution in [0.25, 0.3) is 0 Å². The molecule has 7 rings (SSSR count). The third-order valence-corrected chi connectivity index (χ3v) is 7.26. The highest BCUT2D eigenvalue weighted by Gasteiger charge is 2.55. The van der Waals surface area contributed by atoms with E-state index in [1.54, 1.807) is 0 Å². The molecule has 1 aromatic carbocycles. The maximum absolute atomic E-state index is 13.5. The largest absolute Gasteiger partial charge is 0.454 e. The van der Waals surface area contributed by atoms with E-state index < -0.39 is 0 Å². The Morgan fingerprint density at radius 3 is 2.76 bits per heavy atom. The molecule has 0 saturated carbocycles. The van der Waals surface area contributed by atoms with Gasteiger partial charge in [-0.2, -0.15) is 5.10 Å². The summed E-state index contributed by atoms with van der Waals surface area (Å²) in [6.45, 7) is 6.11. The van der Waals surface area contributed by atoms with Gasteiger partial charge in [0.25, 0.3) is 5.91 Å². The van der Waals surface area contributed by atoms with Gasteiger partial charge in [-0.25, -0.2) is 0 Å². The minimum absolute atomic E-state index is 0.0733. The number of aryl methyl sites for hydroxylation is 1. The number of amides is 1. The minimum Gasteiger partial charge on any atom is -0.454 e. The van der Waals surface area contributed by atoms with Crippen molar-refractivity contribution in [3.8, 4) is 11.5 Å². The quantitative estimate of drug-likeness (QED) is 0.800. The van der Waals surface area contributed by atoms with Crippen LogP contribution in [0.1, 0.15) is 41.7 Å². The standard InChI is InChI=1S/C22H26N4O3/c1-2-25-10-7-17(23-25)22(27)26-12-16(15-3-4-18-19(11-15)29-13-28-18)21-20(26)14-5-8-24(21)9-6-14/h3-4,7,10-11,14,16,20-21H,2,5-6,8-9,12-13H2,1H3/t16-,20+,21+/m1/s1. The van der Waals surface area contributed by atoms with Crippen molar-refractivity contribution in [2.24, 2.45) is 5.92 Å². The summed E-state index contributed by atoms with van der Waals surface area (Å²) >= 11 is 0. The van der Waals surface area contributed by atoms with Crippen LogP contribution < -0.4 is 9.47 Å². The summed E-state index contributed by atoms with van der Waals surface area (Å²) < 4.78 is 12.9. The molecule has 29 heavy (non-hydrogen) atoms. The highest BCUT2D eigenvalue weighted by atomic mass is 16.7. The van der Waals surface area contributed by atoms with Crippen molar-refractivity contribution in [2.75, 3.05) is 26.4 Å². The number of aromatic nitrogens is 2. The molecule has 2 bridgehead atoms. The van der Waals surface area contributed by atoms with E-state index in [4.69, 9.17) is 9.47 Å². The summed E-state index contributed by atoms with van der Waals surface area (Å²) in [5.41, 5.74) is 1.81. The Bertz CT molecular complexity index is 949. The van der Waals surface area contributed by atoms with Gasteiger partial charge in [0.1, 0.15) is 5.69 Å². The van der Waals surface area contributed by atoms with Crippen LogP contribution in [0.5, 0.6) is 11.5 Å². The summed E-state index contributed by atoms with van der Waals surface area (Å²) in [4.78, 5) is 18.2. The molecule has 4 fully saturated rings. The van der Waals surface area contributed by atoms with Gasteiger partial charge in [-0.05, 0) is 62.5 Å². The molecule has 3 atom stereocenters. The van der Waals surface area contributed by atoms with Crippen LogP contribution in [0.2, 0.25) is 0 Å².